The first-order valence-electron chi connectivity index (χ1n) is 3.45. The first kappa shape index (κ1) is 11.2. The quantitative estimate of drug-likeness (QED) is 0.429. The first-order valence-corrected chi connectivity index (χ1v) is 3.45. The second-order valence-electron chi connectivity index (χ2n) is 2.27. The zero-order chi connectivity index (χ0) is 10.3. The molecule has 0 aromatic heterocycles. The molecular formula is C6H10N2O5. The van der Waals surface area contributed by atoms with Crippen molar-refractivity contribution in [1.29, 1.82) is 0 Å². The van der Waals surface area contributed by atoms with Crippen molar-refractivity contribution < 1.29 is 24.6 Å². The van der Waals surface area contributed by atoms with Gasteiger partial charge >= 0.3 is 12.2 Å². The molecule has 4 N–H and O–H groups in total. The van der Waals surface area contributed by atoms with Crippen LogP contribution in [0, 0.1) is 5.92 Å². The predicted octanol–water partition coefficient (Wildman–Crippen LogP) is -0.663. The molecule has 2 amide bonds. The second kappa shape index (κ2) is 5.81. The number of aldehydes is 1. The molecule has 0 radical (unpaired) electrons. The molecule has 0 saturated carbocycles. The van der Waals surface area contributed by atoms with E-state index >= 15 is 0 Å². The van der Waals surface area contributed by atoms with Crippen LogP contribution in [0.5, 0.6) is 0 Å². The third-order valence-corrected chi connectivity index (χ3v) is 1.22. The molecular weight excluding hydrogens is 180 g/mol. The highest BCUT2D eigenvalue weighted by Gasteiger charge is 2.09. The number of carbonyl (C=O) groups is 3. The Morgan fingerprint density at radius 2 is 1.54 bits per heavy atom. The van der Waals surface area contributed by atoms with Gasteiger partial charge in [-0.15, -0.1) is 0 Å². The van der Waals surface area contributed by atoms with Gasteiger partial charge in [0.15, 0.2) is 0 Å². The molecule has 13 heavy (non-hydrogen) atoms. The van der Waals surface area contributed by atoms with Crippen molar-refractivity contribution in [2.24, 2.45) is 5.92 Å². The summed E-state index contributed by atoms with van der Waals surface area (Å²) in [6, 6.07) is 0. The molecule has 0 rings (SSSR count). The smallest absolute Gasteiger partial charge is 0.404 e. The molecule has 0 aliphatic heterocycles. The van der Waals surface area contributed by atoms with Crippen molar-refractivity contribution in [3.05, 3.63) is 0 Å². The highest BCUT2D eigenvalue weighted by atomic mass is 16.4. The van der Waals surface area contributed by atoms with E-state index in [1.165, 1.54) is 0 Å². The molecule has 0 aromatic rings. The van der Waals surface area contributed by atoms with E-state index in [-0.39, 0.29) is 13.1 Å². The van der Waals surface area contributed by atoms with Crippen molar-refractivity contribution in [3.8, 4) is 0 Å². The standard InChI is InChI=1S/C6H10N2O5/c9-3-4(1-7-5(10)11)2-8-6(12)13/h3-4,7-8H,1-2H2,(H,10,11)(H,12,13). The van der Waals surface area contributed by atoms with E-state index < -0.39 is 18.1 Å². The molecule has 7 nitrogen and oxygen atoms in total. The molecule has 0 bridgehead atoms. The number of rotatable bonds is 5. The van der Waals surface area contributed by atoms with E-state index in [0.29, 0.717) is 6.29 Å². The molecule has 0 aliphatic rings. The van der Waals surface area contributed by atoms with Crippen LogP contribution >= 0.6 is 0 Å². The van der Waals surface area contributed by atoms with Crippen LogP contribution in [-0.2, 0) is 4.79 Å². The third-order valence-electron chi connectivity index (χ3n) is 1.22. The average molecular weight is 190 g/mol. The van der Waals surface area contributed by atoms with E-state index in [1.807, 2.05) is 10.6 Å². The molecule has 0 aromatic carbocycles. The second-order valence-corrected chi connectivity index (χ2v) is 2.27. The Balaban J connectivity index is 3.69. The van der Waals surface area contributed by atoms with E-state index in [2.05, 4.69) is 0 Å². The minimum atomic E-state index is -1.25. The highest BCUT2D eigenvalue weighted by molar-refractivity contribution is 5.67. The van der Waals surface area contributed by atoms with Crippen LogP contribution in [0.2, 0.25) is 0 Å². The SMILES string of the molecule is O=CC(CNC(=O)O)CNC(=O)O. The van der Waals surface area contributed by atoms with E-state index in [0.717, 1.165) is 0 Å². The summed E-state index contributed by atoms with van der Waals surface area (Å²) in [5.41, 5.74) is 0. The third kappa shape index (κ3) is 6.60. The number of hydrogen-bond acceptors (Lipinski definition) is 3. The monoisotopic (exact) mass is 190 g/mol. The number of amides is 2. The van der Waals surface area contributed by atoms with Crippen molar-refractivity contribution in [3.63, 3.8) is 0 Å². The summed E-state index contributed by atoms with van der Waals surface area (Å²) in [5, 5.41) is 20.3. The maximum absolute atomic E-state index is 10.3. The molecule has 0 heterocycles. The summed E-state index contributed by atoms with van der Waals surface area (Å²) < 4.78 is 0. The fourth-order valence-electron chi connectivity index (χ4n) is 0.605. The van der Waals surface area contributed by atoms with Gasteiger partial charge < -0.3 is 25.6 Å². The van der Waals surface area contributed by atoms with Gasteiger partial charge in [-0.1, -0.05) is 0 Å². The zero-order valence-corrected chi connectivity index (χ0v) is 6.69. The van der Waals surface area contributed by atoms with Crippen LogP contribution < -0.4 is 10.6 Å². The summed E-state index contributed by atoms with van der Waals surface area (Å²) >= 11 is 0. The van der Waals surface area contributed by atoms with Crippen LogP contribution in [0.1, 0.15) is 0 Å². The maximum atomic E-state index is 10.3. The van der Waals surface area contributed by atoms with Crippen molar-refractivity contribution in [2.45, 2.75) is 0 Å². The van der Waals surface area contributed by atoms with Crippen molar-refractivity contribution in [2.75, 3.05) is 13.1 Å². The highest BCUT2D eigenvalue weighted by Crippen LogP contribution is 1.86. The van der Waals surface area contributed by atoms with E-state index in [1.54, 1.807) is 0 Å². The van der Waals surface area contributed by atoms with Gasteiger partial charge in [-0.2, -0.15) is 0 Å². The fraction of sp³-hybridized carbons (Fsp3) is 0.500. The van der Waals surface area contributed by atoms with E-state index in [4.69, 9.17) is 10.2 Å². The lowest BCUT2D eigenvalue weighted by atomic mass is 10.2. The Hall–Kier alpha value is -1.79. The average Bonchev–Trinajstić information content (AvgIpc) is 2.04. The fourth-order valence-corrected chi connectivity index (χ4v) is 0.605. The summed E-state index contributed by atoms with van der Waals surface area (Å²) in [4.78, 5) is 30.3. The molecule has 7 heteroatoms. The van der Waals surface area contributed by atoms with Crippen molar-refractivity contribution in [1.82, 2.24) is 10.6 Å². The van der Waals surface area contributed by atoms with Crippen LogP contribution in [0.15, 0.2) is 0 Å². The number of nitrogens with one attached hydrogen (secondary N) is 2. The van der Waals surface area contributed by atoms with Crippen LogP contribution in [0.4, 0.5) is 9.59 Å². The molecule has 0 saturated heterocycles. The maximum Gasteiger partial charge on any atom is 0.404 e. The van der Waals surface area contributed by atoms with Crippen LogP contribution in [-0.4, -0.2) is 41.8 Å². The lowest BCUT2D eigenvalue weighted by Gasteiger charge is -2.08. The minimum Gasteiger partial charge on any atom is -0.465 e. The Bertz CT molecular complexity index is 187. The molecule has 0 fully saturated rings. The minimum absolute atomic E-state index is 0.0981. The Labute approximate surface area is 73.7 Å². The Kier molecular flexibility index (Phi) is 5.01. The molecule has 0 aliphatic carbocycles. The largest absolute Gasteiger partial charge is 0.465 e. The summed E-state index contributed by atoms with van der Waals surface area (Å²) in [6.45, 7) is -0.196. The van der Waals surface area contributed by atoms with Gasteiger partial charge in [0.2, 0.25) is 0 Å². The molecule has 74 valence electrons. The van der Waals surface area contributed by atoms with Crippen LogP contribution in [0.25, 0.3) is 0 Å². The number of carbonyl (C=O) groups excluding carboxylic acids is 1. The lowest BCUT2D eigenvalue weighted by molar-refractivity contribution is -0.110. The van der Waals surface area contributed by atoms with Gasteiger partial charge in [-0.25, -0.2) is 9.59 Å². The van der Waals surface area contributed by atoms with Gasteiger partial charge in [0.1, 0.15) is 6.29 Å². The van der Waals surface area contributed by atoms with Gasteiger partial charge in [0.25, 0.3) is 0 Å². The predicted molar refractivity (Wildman–Crippen MR) is 41.6 cm³/mol. The van der Waals surface area contributed by atoms with Gasteiger partial charge in [-0.05, 0) is 0 Å². The van der Waals surface area contributed by atoms with Gasteiger partial charge in [0.05, 0.1) is 0 Å². The van der Waals surface area contributed by atoms with E-state index in [9.17, 15) is 14.4 Å². The summed E-state index contributed by atoms with van der Waals surface area (Å²) in [7, 11) is 0. The normalized spacial score (nSPS) is 9.31. The van der Waals surface area contributed by atoms with Crippen molar-refractivity contribution >= 4 is 18.5 Å². The molecule has 0 spiro atoms. The van der Waals surface area contributed by atoms with Crippen LogP contribution in [0.3, 0.4) is 0 Å². The zero-order valence-electron chi connectivity index (χ0n) is 6.69. The first-order chi connectivity index (χ1) is 6.06. The van der Waals surface area contributed by atoms with Gasteiger partial charge in [-0.3, -0.25) is 0 Å². The Morgan fingerprint density at radius 3 is 1.77 bits per heavy atom. The topological polar surface area (TPSA) is 116 Å². The Morgan fingerprint density at radius 1 is 1.15 bits per heavy atom. The number of hydrogen-bond donors (Lipinski definition) is 4. The molecule has 0 unspecified atom stereocenters. The number of carboxylic acid groups (broad SMARTS) is 2. The molecule has 0 atom stereocenters. The summed E-state index contributed by atoms with van der Waals surface area (Å²) in [5.74, 6) is -0.674. The lowest BCUT2D eigenvalue weighted by Crippen LogP contribution is -2.36. The van der Waals surface area contributed by atoms with Gasteiger partial charge in [0, 0.05) is 19.0 Å². The summed E-state index contributed by atoms with van der Waals surface area (Å²) in [6.07, 6.45) is -2.00.